The standard InChI is InChI=1S/C41H41FN6O6/c1-6-54-35-19-25(10-9-24-12-14-32-34(18-24)46(5)41(53)48(32)33-15-16-36(50)44-39(33)51)11-13-27(35)29-20-28(26-8-7-17-47(22-26)23(2)49)37(42)38-30(29)21-31(43-38)40(52)45(3)4/h11-14,18-21,26,33,43H,6-8,15-17,22H2,1-5H3,(H,44,50,51)/t26-,33?/m0/s1. The predicted octanol–water partition coefficient (Wildman–Crippen LogP) is 4.83. The summed E-state index contributed by atoms with van der Waals surface area (Å²) in [6.07, 6.45) is 1.86. The molecule has 0 spiro atoms. The number of H-pyrrole nitrogens is 1. The van der Waals surface area contributed by atoms with Gasteiger partial charge >= 0.3 is 5.69 Å². The number of amides is 4. The zero-order chi connectivity index (χ0) is 38.4. The Balaban J connectivity index is 1.28. The van der Waals surface area contributed by atoms with Crippen molar-refractivity contribution < 1.29 is 28.3 Å². The minimum atomic E-state index is -0.783. The number of aryl methyl sites for hydroxylation is 1. The first-order valence-corrected chi connectivity index (χ1v) is 18.0. The first-order chi connectivity index (χ1) is 25.9. The van der Waals surface area contributed by atoms with Crippen LogP contribution < -0.4 is 15.7 Å². The lowest BCUT2D eigenvalue weighted by Crippen LogP contribution is -2.44. The van der Waals surface area contributed by atoms with Crippen molar-refractivity contribution in [3.05, 3.63) is 87.2 Å². The van der Waals surface area contributed by atoms with E-state index in [0.29, 0.717) is 76.1 Å². The second-order valence-corrected chi connectivity index (χ2v) is 14.1. The maximum absolute atomic E-state index is 16.4. The molecule has 0 radical (unpaired) electrons. The van der Waals surface area contributed by atoms with Crippen molar-refractivity contribution in [1.82, 2.24) is 29.2 Å². The van der Waals surface area contributed by atoms with E-state index in [4.69, 9.17) is 4.74 Å². The summed E-state index contributed by atoms with van der Waals surface area (Å²) in [5.41, 5.74) is 4.42. The summed E-state index contributed by atoms with van der Waals surface area (Å²) in [6.45, 7) is 4.78. The van der Waals surface area contributed by atoms with Gasteiger partial charge in [-0.1, -0.05) is 11.8 Å². The number of benzene rings is 3. The fourth-order valence-corrected chi connectivity index (χ4v) is 7.59. The van der Waals surface area contributed by atoms with E-state index in [1.807, 2.05) is 31.2 Å². The van der Waals surface area contributed by atoms with Crippen molar-refractivity contribution >= 4 is 45.6 Å². The van der Waals surface area contributed by atoms with Gasteiger partial charge in [-0.15, -0.1) is 0 Å². The first kappa shape index (κ1) is 36.2. The molecule has 4 amide bonds. The molecule has 12 nitrogen and oxygen atoms in total. The number of fused-ring (bicyclic) bond motifs is 2. The van der Waals surface area contributed by atoms with E-state index in [0.717, 1.165) is 6.42 Å². The van der Waals surface area contributed by atoms with Crippen molar-refractivity contribution in [3.8, 4) is 28.7 Å². The quantitative estimate of drug-likeness (QED) is 0.190. The van der Waals surface area contributed by atoms with Gasteiger partial charge in [0.2, 0.25) is 17.7 Å². The summed E-state index contributed by atoms with van der Waals surface area (Å²) in [5.74, 6) is 5.03. The maximum Gasteiger partial charge on any atom is 0.329 e. The average Bonchev–Trinajstić information content (AvgIpc) is 3.70. The molecule has 13 heteroatoms. The van der Waals surface area contributed by atoms with Crippen LogP contribution in [-0.4, -0.2) is 81.3 Å². The molecule has 4 heterocycles. The molecule has 2 aliphatic heterocycles. The van der Waals surface area contributed by atoms with Gasteiger partial charge in [0.25, 0.3) is 5.91 Å². The molecule has 3 aromatic carbocycles. The van der Waals surface area contributed by atoms with Crippen LogP contribution >= 0.6 is 0 Å². The number of aromatic nitrogens is 3. The summed E-state index contributed by atoms with van der Waals surface area (Å²) in [7, 11) is 4.91. The Morgan fingerprint density at radius 2 is 1.72 bits per heavy atom. The summed E-state index contributed by atoms with van der Waals surface area (Å²) in [4.78, 5) is 69.1. The van der Waals surface area contributed by atoms with Gasteiger partial charge in [0.15, 0.2) is 5.82 Å². The molecule has 2 fully saturated rings. The number of carbonyl (C=O) groups is 4. The molecule has 5 aromatic rings. The minimum Gasteiger partial charge on any atom is -0.493 e. The van der Waals surface area contributed by atoms with Crippen molar-refractivity contribution in [2.45, 2.75) is 51.5 Å². The molecule has 1 unspecified atom stereocenters. The van der Waals surface area contributed by atoms with Crippen molar-refractivity contribution in [2.24, 2.45) is 7.05 Å². The van der Waals surface area contributed by atoms with Gasteiger partial charge < -0.3 is 19.5 Å². The third kappa shape index (κ3) is 6.53. The number of nitrogens with one attached hydrogen (secondary N) is 2. The average molecular weight is 733 g/mol. The highest BCUT2D eigenvalue weighted by molar-refractivity contribution is 6.04. The lowest BCUT2D eigenvalue weighted by Gasteiger charge is -2.32. The Bertz CT molecular complexity index is 2500. The number of hydrogen-bond acceptors (Lipinski definition) is 6. The van der Waals surface area contributed by atoms with Crippen molar-refractivity contribution in [3.63, 3.8) is 0 Å². The number of imidazole rings is 1. The number of rotatable bonds is 6. The van der Waals surface area contributed by atoms with Crippen LogP contribution in [0.15, 0.2) is 53.3 Å². The van der Waals surface area contributed by atoms with Gasteiger partial charge in [-0.25, -0.2) is 9.18 Å². The Hall–Kier alpha value is -6.16. The summed E-state index contributed by atoms with van der Waals surface area (Å²) in [5, 5.41) is 2.86. The SMILES string of the molecule is CCOc1cc(C#Cc2ccc3c(c2)n(C)c(=O)n3C2CCC(=O)NC2=O)ccc1-c1cc([C@H]2CCCN(C(C)=O)C2)c(F)c2[nH]c(C(=O)N(C)C)cc12. The number of nitrogens with zero attached hydrogens (tertiary/aromatic N) is 4. The summed E-state index contributed by atoms with van der Waals surface area (Å²) >= 11 is 0. The third-order valence-corrected chi connectivity index (χ3v) is 10.4. The molecule has 0 bridgehead atoms. The molecular formula is C41H41FN6O6. The van der Waals surface area contributed by atoms with Gasteiger partial charge in [0.1, 0.15) is 17.5 Å². The maximum atomic E-state index is 16.4. The second kappa shape index (κ2) is 14.3. The fraction of sp³-hybridized carbons (Fsp3) is 0.341. The Morgan fingerprint density at radius 1 is 0.981 bits per heavy atom. The highest BCUT2D eigenvalue weighted by Gasteiger charge is 2.32. The molecule has 2 aliphatic rings. The molecule has 2 N–H and O–H groups in total. The third-order valence-electron chi connectivity index (χ3n) is 10.4. The molecule has 2 aromatic heterocycles. The molecular weight excluding hydrogens is 691 g/mol. The lowest BCUT2D eigenvalue weighted by atomic mass is 9.86. The van der Waals surface area contributed by atoms with E-state index in [-0.39, 0.29) is 53.4 Å². The van der Waals surface area contributed by atoms with Crippen LogP contribution in [0.25, 0.3) is 33.1 Å². The first-order valence-electron chi connectivity index (χ1n) is 18.0. The van der Waals surface area contributed by atoms with E-state index in [1.54, 1.807) is 50.3 Å². The number of ether oxygens (including phenoxy) is 1. The van der Waals surface area contributed by atoms with Crippen LogP contribution in [0.3, 0.4) is 0 Å². The Labute approximate surface area is 310 Å². The largest absolute Gasteiger partial charge is 0.493 e. The molecule has 0 aliphatic carbocycles. The number of halogens is 1. The monoisotopic (exact) mass is 732 g/mol. The Morgan fingerprint density at radius 3 is 2.43 bits per heavy atom. The van der Waals surface area contributed by atoms with Gasteiger partial charge in [0.05, 0.1) is 23.2 Å². The van der Waals surface area contributed by atoms with E-state index < -0.39 is 17.8 Å². The van der Waals surface area contributed by atoms with Crippen molar-refractivity contribution in [1.29, 1.82) is 0 Å². The molecule has 0 saturated carbocycles. The summed E-state index contributed by atoms with van der Waals surface area (Å²) in [6, 6.07) is 13.6. The highest BCUT2D eigenvalue weighted by atomic mass is 19.1. The van der Waals surface area contributed by atoms with E-state index in [9.17, 15) is 24.0 Å². The van der Waals surface area contributed by atoms with E-state index >= 15 is 4.39 Å². The van der Waals surface area contributed by atoms with Crippen LogP contribution in [0.2, 0.25) is 0 Å². The number of piperidine rings is 2. The van der Waals surface area contributed by atoms with E-state index in [1.165, 1.54) is 21.0 Å². The van der Waals surface area contributed by atoms with Crippen LogP contribution in [0.1, 0.15) is 78.7 Å². The van der Waals surface area contributed by atoms with Gasteiger partial charge in [-0.3, -0.25) is 33.6 Å². The minimum absolute atomic E-state index is 0.0509. The normalized spacial score (nSPS) is 17.3. The van der Waals surface area contributed by atoms with Crippen LogP contribution in [0.5, 0.6) is 5.75 Å². The van der Waals surface area contributed by atoms with Crippen molar-refractivity contribution in [2.75, 3.05) is 33.8 Å². The number of likely N-dealkylation sites (tertiary alicyclic amines) is 1. The molecule has 7 rings (SSSR count). The van der Waals surface area contributed by atoms with Gasteiger partial charge in [0, 0.05) is 75.6 Å². The predicted molar refractivity (Wildman–Crippen MR) is 202 cm³/mol. The zero-order valence-electron chi connectivity index (χ0n) is 30.8. The number of carbonyl (C=O) groups excluding carboxylic acids is 4. The summed E-state index contributed by atoms with van der Waals surface area (Å²) < 4.78 is 25.5. The van der Waals surface area contributed by atoms with E-state index in [2.05, 4.69) is 22.1 Å². The topological polar surface area (TPSA) is 139 Å². The van der Waals surface area contributed by atoms with Crippen LogP contribution in [0, 0.1) is 17.7 Å². The number of aromatic amines is 1. The van der Waals surface area contributed by atoms with Crippen LogP contribution in [-0.2, 0) is 21.4 Å². The second-order valence-electron chi connectivity index (χ2n) is 14.1. The molecule has 278 valence electrons. The number of hydrogen-bond donors (Lipinski definition) is 2. The van der Waals surface area contributed by atoms with Gasteiger partial charge in [-0.2, -0.15) is 0 Å². The Kier molecular flexibility index (Phi) is 9.62. The molecule has 2 saturated heterocycles. The highest BCUT2D eigenvalue weighted by Crippen LogP contribution is 2.41. The smallest absolute Gasteiger partial charge is 0.329 e. The zero-order valence-corrected chi connectivity index (χ0v) is 30.8. The lowest BCUT2D eigenvalue weighted by molar-refractivity contribution is -0.135. The molecule has 2 atom stereocenters. The molecule has 54 heavy (non-hydrogen) atoms. The fourth-order valence-electron chi connectivity index (χ4n) is 7.59. The van der Waals surface area contributed by atoms with Crippen LogP contribution in [0.4, 0.5) is 4.39 Å². The number of imide groups is 1. The van der Waals surface area contributed by atoms with Gasteiger partial charge in [-0.05, 0) is 85.8 Å².